The Morgan fingerprint density at radius 1 is 1.48 bits per heavy atom. The number of hydrogen-bond acceptors (Lipinski definition) is 4. The molecule has 0 fully saturated rings. The highest BCUT2D eigenvalue weighted by Crippen LogP contribution is 2.35. The maximum Gasteiger partial charge on any atom is 0.355 e. The fraction of sp³-hybridized carbons (Fsp3) is 0.375. The van der Waals surface area contributed by atoms with Crippen LogP contribution in [0.4, 0.5) is 0 Å². The Bertz CT molecular complexity index is 681. The number of aromatic amines is 1. The molecule has 0 amide bonds. The van der Waals surface area contributed by atoms with Gasteiger partial charge in [0.15, 0.2) is 5.78 Å². The molecule has 0 saturated carbocycles. The second-order valence-corrected chi connectivity index (χ2v) is 5.24. The van der Waals surface area contributed by atoms with Gasteiger partial charge in [0.05, 0.1) is 12.9 Å². The van der Waals surface area contributed by atoms with E-state index in [-0.39, 0.29) is 11.7 Å². The smallest absolute Gasteiger partial charge is 0.355 e. The summed E-state index contributed by atoms with van der Waals surface area (Å²) >= 11 is 0. The van der Waals surface area contributed by atoms with E-state index < -0.39 is 5.97 Å². The summed E-state index contributed by atoms with van der Waals surface area (Å²) in [6, 6.07) is 3.70. The predicted octanol–water partition coefficient (Wildman–Crippen LogP) is 3.01. The number of ether oxygens (including phenoxy) is 1. The molecule has 1 N–H and O–H groups in total. The van der Waals surface area contributed by atoms with Crippen LogP contribution >= 0.6 is 0 Å². The van der Waals surface area contributed by atoms with Crippen molar-refractivity contribution in [1.82, 2.24) is 4.98 Å². The third kappa shape index (κ3) is 2.28. The Morgan fingerprint density at radius 3 is 2.95 bits per heavy atom. The molecule has 0 unspecified atom stereocenters. The highest BCUT2D eigenvalue weighted by atomic mass is 16.5. The van der Waals surface area contributed by atoms with Gasteiger partial charge < -0.3 is 14.1 Å². The maximum absolute atomic E-state index is 12.4. The number of esters is 1. The number of rotatable bonds is 3. The van der Waals surface area contributed by atoms with Gasteiger partial charge in [-0.3, -0.25) is 4.79 Å². The molecule has 0 saturated heterocycles. The molecule has 5 heteroatoms. The van der Waals surface area contributed by atoms with Gasteiger partial charge in [-0.15, -0.1) is 0 Å². The lowest BCUT2D eigenvalue weighted by molar-refractivity contribution is 0.0519. The van der Waals surface area contributed by atoms with Crippen molar-refractivity contribution < 1.29 is 18.7 Å². The van der Waals surface area contributed by atoms with Crippen molar-refractivity contribution in [3.8, 4) is 0 Å². The number of Topliss-reactive ketones (excluding diaryl/α,β-unsaturated/α-hetero) is 1. The zero-order valence-corrected chi connectivity index (χ0v) is 12.1. The van der Waals surface area contributed by atoms with Gasteiger partial charge in [-0.05, 0) is 38.0 Å². The van der Waals surface area contributed by atoms with Crippen molar-refractivity contribution in [3.05, 3.63) is 46.7 Å². The summed E-state index contributed by atoms with van der Waals surface area (Å²) in [6.45, 7) is 3.85. The first kappa shape index (κ1) is 13.7. The number of hydrogen-bond donors (Lipinski definition) is 1. The van der Waals surface area contributed by atoms with Gasteiger partial charge in [-0.25, -0.2) is 4.79 Å². The minimum absolute atomic E-state index is 0.0214. The van der Waals surface area contributed by atoms with Crippen LogP contribution in [-0.4, -0.2) is 23.3 Å². The number of H-pyrrole nitrogens is 1. The Balaban J connectivity index is 1.96. The van der Waals surface area contributed by atoms with Crippen molar-refractivity contribution in [2.75, 3.05) is 6.61 Å². The summed E-state index contributed by atoms with van der Waals surface area (Å²) in [5, 5.41) is 0. The average molecular weight is 287 g/mol. The Kier molecular flexibility index (Phi) is 3.41. The molecule has 2 heterocycles. The van der Waals surface area contributed by atoms with Gasteiger partial charge >= 0.3 is 5.97 Å². The van der Waals surface area contributed by atoms with E-state index in [4.69, 9.17) is 9.15 Å². The molecular weight excluding hydrogens is 270 g/mol. The van der Waals surface area contributed by atoms with E-state index in [9.17, 15) is 9.59 Å². The first-order valence-electron chi connectivity index (χ1n) is 7.07. The number of fused-ring (bicyclic) bond motifs is 1. The SMILES string of the molecule is CCOC(=O)c1[nH]c2c(c1C)C(=O)C[C@H](c1ccco1)C2. The Morgan fingerprint density at radius 2 is 2.29 bits per heavy atom. The molecule has 0 radical (unpaired) electrons. The van der Waals surface area contributed by atoms with Gasteiger partial charge in [0.1, 0.15) is 11.5 Å². The van der Waals surface area contributed by atoms with Crippen LogP contribution in [0.2, 0.25) is 0 Å². The number of carbonyl (C=O) groups is 2. The lowest BCUT2D eigenvalue weighted by atomic mass is 9.84. The normalized spacial score (nSPS) is 17.6. The van der Waals surface area contributed by atoms with Crippen molar-refractivity contribution in [3.63, 3.8) is 0 Å². The third-order valence-corrected chi connectivity index (χ3v) is 3.91. The number of furan rings is 1. The molecule has 5 nitrogen and oxygen atoms in total. The highest BCUT2D eigenvalue weighted by molar-refractivity contribution is 6.03. The molecule has 0 aromatic carbocycles. The molecule has 21 heavy (non-hydrogen) atoms. The quantitative estimate of drug-likeness (QED) is 0.881. The van der Waals surface area contributed by atoms with Gasteiger partial charge in [-0.2, -0.15) is 0 Å². The van der Waals surface area contributed by atoms with Gasteiger partial charge in [0.2, 0.25) is 0 Å². The lowest BCUT2D eigenvalue weighted by Crippen LogP contribution is -2.18. The molecule has 2 aromatic rings. The summed E-state index contributed by atoms with van der Waals surface area (Å²) in [6.07, 6.45) is 2.68. The molecular formula is C16H17NO4. The summed E-state index contributed by atoms with van der Waals surface area (Å²) in [5.74, 6) is 0.459. The van der Waals surface area contributed by atoms with E-state index in [1.807, 2.05) is 12.1 Å². The summed E-state index contributed by atoms with van der Waals surface area (Å²) < 4.78 is 10.4. The van der Waals surface area contributed by atoms with Crippen molar-refractivity contribution in [1.29, 1.82) is 0 Å². The zero-order chi connectivity index (χ0) is 15.0. The minimum Gasteiger partial charge on any atom is -0.469 e. The van der Waals surface area contributed by atoms with Crippen molar-refractivity contribution in [2.45, 2.75) is 32.6 Å². The molecule has 1 atom stereocenters. The second-order valence-electron chi connectivity index (χ2n) is 5.24. The summed E-state index contributed by atoms with van der Waals surface area (Å²) in [7, 11) is 0. The molecule has 0 bridgehead atoms. The molecule has 2 aromatic heterocycles. The molecule has 3 rings (SSSR count). The van der Waals surface area contributed by atoms with Gasteiger partial charge in [0.25, 0.3) is 0 Å². The number of aromatic nitrogens is 1. The van der Waals surface area contributed by atoms with Gasteiger partial charge in [-0.1, -0.05) is 0 Å². The topological polar surface area (TPSA) is 72.3 Å². The average Bonchev–Trinajstić information content (AvgIpc) is 3.07. The van der Waals surface area contributed by atoms with Gasteiger partial charge in [0, 0.05) is 23.6 Å². The van der Waals surface area contributed by atoms with Crippen LogP contribution in [0.15, 0.2) is 22.8 Å². The van der Waals surface area contributed by atoms with Crippen LogP contribution in [0.1, 0.15) is 57.1 Å². The highest BCUT2D eigenvalue weighted by Gasteiger charge is 2.33. The van der Waals surface area contributed by atoms with Crippen LogP contribution in [-0.2, 0) is 11.2 Å². The lowest BCUT2D eigenvalue weighted by Gasteiger charge is -2.19. The number of nitrogens with one attached hydrogen (secondary N) is 1. The van der Waals surface area contributed by atoms with E-state index in [1.54, 1.807) is 20.1 Å². The third-order valence-electron chi connectivity index (χ3n) is 3.91. The van der Waals surface area contributed by atoms with E-state index in [1.165, 1.54) is 0 Å². The van der Waals surface area contributed by atoms with Crippen molar-refractivity contribution in [2.24, 2.45) is 0 Å². The molecule has 110 valence electrons. The first-order chi connectivity index (χ1) is 10.1. The standard InChI is InChI=1S/C16H17NO4/c1-3-20-16(19)15-9(2)14-11(17-15)7-10(8-12(14)18)13-5-4-6-21-13/h4-6,10,17H,3,7-8H2,1-2H3/t10-/m1/s1. The molecule has 0 spiro atoms. The minimum atomic E-state index is -0.410. The number of ketones is 1. The Labute approximate surface area is 122 Å². The summed E-state index contributed by atoms with van der Waals surface area (Å²) in [5.41, 5.74) is 2.51. The maximum atomic E-state index is 12.4. The van der Waals surface area contributed by atoms with Crippen LogP contribution in [0.25, 0.3) is 0 Å². The van der Waals surface area contributed by atoms with E-state index in [0.717, 1.165) is 11.5 Å². The first-order valence-corrected chi connectivity index (χ1v) is 7.07. The molecule has 1 aliphatic carbocycles. The van der Waals surface area contributed by atoms with Crippen LogP contribution < -0.4 is 0 Å². The fourth-order valence-corrected chi connectivity index (χ4v) is 2.97. The monoisotopic (exact) mass is 287 g/mol. The molecule has 1 aliphatic rings. The Hall–Kier alpha value is -2.30. The zero-order valence-electron chi connectivity index (χ0n) is 12.1. The van der Waals surface area contributed by atoms with Crippen LogP contribution in [0, 0.1) is 6.92 Å². The summed E-state index contributed by atoms with van der Waals surface area (Å²) in [4.78, 5) is 27.4. The second kappa shape index (κ2) is 5.24. The van der Waals surface area contributed by atoms with Crippen LogP contribution in [0.5, 0.6) is 0 Å². The number of carbonyl (C=O) groups excluding carboxylic acids is 2. The van der Waals surface area contributed by atoms with E-state index >= 15 is 0 Å². The molecule has 0 aliphatic heterocycles. The van der Waals surface area contributed by atoms with E-state index in [2.05, 4.69) is 4.98 Å². The van der Waals surface area contributed by atoms with Crippen molar-refractivity contribution >= 4 is 11.8 Å². The van der Waals surface area contributed by atoms with Crippen LogP contribution in [0.3, 0.4) is 0 Å². The van der Waals surface area contributed by atoms with E-state index in [0.29, 0.717) is 36.3 Å². The predicted molar refractivity (Wildman–Crippen MR) is 75.6 cm³/mol. The fourth-order valence-electron chi connectivity index (χ4n) is 2.97. The largest absolute Gasteiger partial charge is 0.469 e.